The van der Waals surface area contributed by atoms with Crippen molar-refractivity contribution in [3.05, 3.63) is 29.8 Å². The van der Waals surface area contributed by atoms with E-state index in [1.54, 1.807) is 0 Å². The van der Waals surface area contributed by atoms with Crippen molar-refractivity contribution in [1.29, 1.82) is 0 Å². The Hall–Kier alpha value is -5.42. The summed E-state index contributed by atoms with van der Waals surface area (Å²) in [7, 11) is 0. The molecule has 13 unspecified atom stereocenters. The van der Waals surface area contributed by atoms with E-state index in [9.17, 15) is 69.0 Å². The molecule has 8 amide bonds. The number of nitrogens with zero attached hydrogens (tertiary/aromatic N) is 2. The van der Waals surface area contributed by atoms with E-state index in [1.807, 2.05) is 0 Å². The number of unbranched alkanes of at least 4 members (excludes halogenated alkanes) is 5. The first kappa shape index (κ1) is 59.1. The average molecular weight is 1020 g/mol. The number of aliphatic hydroxyl groups is 5. The van der Waals surface area contributed by atoms with Gasteiger partial charge in [0.1, 0.15) is 42.0 Å². The van der Waals surface area contributed by atoms with Crippen LogP contribution in [0.3, 0.4) is 0 Å². The van der Waals surface area contributed by atoms with Gasteiger partial charge in [-0.25, -0.2) is 0 Å². The number of β-amino-alcohol motifs (C(OH)–C–C–N with tert-alkyl or cyclic N) is 1. The van der Waals surface area contributed by atoms with Gasteiger partial charge >= 0.3 is 0 Å². The lowest BCUT2D eigenvalue weighted by Gasteiger charge is -2.33. The summed E-state index contributed by atoms with van der Waals surface area (Å²) in [6.07, 6.45) is -0.979. The summed E-state index contributed by atoms with van der Waals surface area (Å²) in [5.41, 5.74) is 5.74. The Kier molecular flexibility index (Phi) is 23.6. The monoisotopic (exact) mass is 1020 g/mol. The molecule has 4 rings (SSSR count). The van der Waals surface area contributed by atoms with Crippen molar-refractivity contribution in [1.82, 2.24) is 36.4 Å². The van der Waals surface area contributed by atoms with Gasteiger partial charge in [-0.2, -0.15) is 0 Å². The Morgan fingerprint density at radius 1 is 0.736 bits per heavy atom. The van der Waals surface area contributed by atoms with Crippen LogP contribution in [-0.2, 0) is 44.8 Å². The largest absolute Gasteiger partial charge is 0.508 e. The van der Waals surface area contributed by atoms with Crippen LogP contribution in [0.25, 0.3) is 0 Å². The van der Waals surface area contributed by atoms with Crippen molar-refractivity contribution in [2.45, 2.75) is 197 Å². The number of aliphatic hydroxyl groups excluding tert-OH is 5. The zero-order chi connectivity index (χ0) is 53.2. The van der Waals surface area contributed by atoms with Gasteiger partial charge < -0.3 is 72.8 Å². The van der Waals surface area contributed by atoms with E-state index < -0.39 is 146 Å². The number of aromatic hydroxyl groups is 1. The van der Waals surface area contributed by atoms with E-state index in [-0.39, 0.29) is 38.0 Å². The molecule has 22 nitrogen and oxygen atoms in total. The van der Waals surface area contributed by atoms with Gasteiger partial charge in [-0.1, -0.05) is 77.8 Å². The summed E-state index contributed by atoms with van der Waals surface area (Å²) in [6.45, 7) is 6.93. The maximum absolute atomic E-state index is 14.3. The first-order valence-electron chi connectivity index (χ1n) is 25.7. The maximum atomic E-state index is 14.3. The van der Waals surface area contributed by atoms with Crippen molar-refractivity contribution in [3.8, 4) is 5.75 Å². The third kappa shape index (κ3) is 18.0. The Balaban J connectivity index is 1.62. The number of amides is 8. The number of phenols is 1. The molecular weight excluding hydrogens is 937 g/mol. The van der Waals surface area contributed by atoms with Crippen molar-refractivity contribution in [3.63, 3.8) is 0 Å². The number of hydrogen-bond donors (Lipinski definition) is 12. The van der Waals surface area contributed by atoms with E-state index in [4.69, 9.17) is 5.73 Å². The maximum Gasteiger partial charge on any atom is 0.248 e. The molecule has 1 aromatic carbocycles. The predicted octanol–water partition coefficient (Wildman–Crippen LogP) is -1.12. The third-order valence-corrected chi connectivity index (χ3v) is 14.0. The quantitative estimate of drug-likeness (QED) is 0.0689. The fourth-order valence-corrected chi connectivity index (χ4v) is 9.72. The standard InChI is InChI=1S/C50H80N8O14/c1-5-28(2)21-29(3)13-10-8-6-7-9-11-15-41(66)53-35-23-33(61)26-52-46(68)36-14-12-20-57(36)50(72)44(39(64)25-40(51)65)56-48(70)43(38(63)22-31-16-18-32(60)19-17-31)55-47(69)37-24-34(62)27-58(37)49(71)42(30(4)59)54-45(35)67/h16-19,28-30,33-39,42-44,59-64H,5-15,20-27H2,1-4H3,(H2,51,65)(H,52,68)(H,53,66)(H,54,67)(H,55,69)(H,56,70). The highest BCUT2D eigenvalue weighted by Crippen LogP contribution is 2.24. The number of phenolic OH excluding ortho intramolecular Hbond substituents is 1. The summed E-state index contributed by atoms with van der Waals surface area (Å²) in [5, 5.41) is 78.0. The first-order valence-corrected chi connectivity index (χ1v) is 25.7. The highest BCUT2D eigenvalue weighted by Gasteiger charge is 2.46. The van der Waals surface area contributed by atoms with E-state index in [2.05, 4.69) is 47.4 Å². The van der Waals surface area contributed by atoms with Gasteiger partial charge in [-0.3, -0.25) is 38.4 Å². The van der Waals surface area contributed by atoms with Crippen LogP contribution in [0, 0.1) is 11.8 Å². The smallest absolute Gasteiger partial charge is 0.248 e. The second-order valence-corrected chi connectivity index (χ2v) is 20.2. The summed E-state index contributed by atoms with van der Waals surface area (Å²) in [4.78, 5) is 112. The van der Waals surface area contributed by atoms with Crippen LogP contribution in [0.2, 0.25) is 0 Å². The molecule has 0 spiro atoms. The molecule has 3 heterocycles. The number of fused-ring (bicyclic) bond motifs is 2. The number of carbonyl (C=O) groups excluding carboxylic acids is 8. The van der Waals surface area contributed by atoms with Crippen molar-refractivity contribution >= 4 is 47.3 Å². The van der Waals surface area contributed by atoms with Gasteiger partial charge in [0.15, 0.2) is 0 Å². The molecule has 404 valence electrons. The highest BCUT2D eigenvalue weighted by atomic mass is 16.3. The number of carbonyl (C=O) groups is 8. The predicted molar refractivity (Wildman–Crippen MR) is 262 cm³/mol. The molecule has 0 aliphatic carbocycles. The Morgan fingerprint density at radius 2 is 1.36 bits per heavy atom. The van der Waals surface area contributed by atoms with E-state index in [1.165, 1.54) is 50.5 Å². The van der Waals surface area contributed by atoms with Crippen LogP contribution < -0.4 is 32.3 Å². The van der Waals surface area contributed by atoms with Gasteiger partial charge in [-0.05, 0) is 62.1 Å². The van der Waals surface area contributed by atoms with E-state index >= 15 is 0 Å². The molecule has 0 bridgehead atoms. The molecule has 22 heteroatoms. The topological polar surface area (TPSA) is 351 Å². The van der Waals surface area contributed by atoms with Crippen LogP contribution in [0.1, 0.15) is 130 Å². The van der Waals surface area contributed by atoms with Crippen molar-refractivity contribution in [2.24, 2.45) is 17.6 Å². The van der Waals surface area contributed by atoms with Crippen LogP contribution in [0.4, 0.5) is 0 Å². The Morgan fingerprint density at radius 3 is 2.01 bits per heavy atom. The normalized spacial score (nSPS) is 27.2. The minimum absolute atomic E-state index is 0.0342. The van der Waals surface area contributed by atoms with Gasteiger partial charge in [0.25, 0.3) is 0 Å². The van der Waals surface area contributed by atoms with Crippen molar-refractivity contribution < 1.29 is 69.0 Å². The Labute approximate surface area is 421 Å². The van der Waals surface area contributed by atoms with Crippen LogP contribution in [0.5, 0.6) is 5.75 Å². The molecule has 72 heavy (non-hydrogen) atoms. The average Bonchev–Trinajstić information content (AvgIpc) is 3.98. The number of rotatable bonds is 20. The first-order chi connectivity index (χ1) is 34.1. The molecule has 3 saturated heterocycles. The second kappa shape index (κ2) is 28.7. The summed E-state index contributed by atoms with van der Waals surface area (Å²) < 4.78 is 0. The van der Waals surface area contributed by atoms with Crippen molar-refractivity contribution in [2.75, 3.05) is 19.6 Å². The minimum Gasteiger partial charge on any atom is -0.508 e. The lowest BCUT2D eigenvalue weighted by molar-refractivity contribution is -0.146. The summed E-state index contributed by atoms with van der Waals surface area (Å²) in [6, 6.07) is -4.56. The fraction of sp³-hybridized carbons (Fsp3) is 0.720. The van der Waals surface area contributed by atoms with Crippen LogP contribution in [-0.4, -0.2) is 174 Å². The minimum atomic E-state index is -1.98. The Bertz CT molecular complexity index is 1990. The summed E-state index contributed by atoms with van der Waals surface area (Å²) >= 11 is 0. The fourth-order valence-electron chi connectivity index (χ4n) is 9.72. The third-order valence-electron chi connectivity index (χ3n) is 14.0. The number of benzene rings is 1. The zero-order valence-corrected chi connectivity index (χ0v) is 42.2. The number of primary amides is 1. The van der Waals surface area contributed by atoms with Gasteiger partial charge in [0.2, 0.25) is 47.3 Å². The number of nitrogens with two attached hydrogens (primary N) is 1. The molecule has 3 aliphatic rings. The molecule has 3 fully saturated rings. The SMILES string of the molecule is CCC(C)CC(C)CCCCCCCCC(=O)NC1CC(O)CNC(=O)C2CCCN2C(=O)C(C(O)CC(N)=O)NC(=O)C(C(O)Cc2ccc(O)cc2)NC(=O)C2CC(O)CN2C(=O)C(C(C)O)NC1=O. The van der Waals surface area contributed by atoms with E-state index in [0.29, 0.717) is 23.8 Å². The highest BCUT2D eigenvalue weighted by molar-refractivity contribution is 5.98. The molecule has 0 radical (unpaired) electrons. The lowest BCUT2D eigenvalue weighted by Crippen LogP contribution is -2.64. The van der Waals surface area contributed by atoms with E-state index in [0.717, 1.165) is 41.9 Å². The second-order valence-electron chi connectivity index (χ2n) is 20.2. The molecule has 13 atom stereocenters. The number of nitrogens with one attached hydrogen (secondary N) is 5. The molecule has 3 aliphatic heterocycles. The molecule has 13 N–H and O–H groups in total. The molecule has 0 saturated carbocycles. The zero-order valence-electron chi connectivity index (χ0n) is 42.2. The molecule has 0 aromatic heterocycles. The lowest BCUT2D eigenvalue weighted by atomic mass is 9.91. The van der Waals surface area contributed by atoms with Crippen LogP contribution in [0.15, 0.2) is 24.3 Å². The van der Waals surface area contributed by atoms with Crippen LogP contribution >= 0.6 is 0 Å². The van der Waals surface area contributed by atoms with Gasteiger partial charge in [0.05, 0.1) is 36.9 Å². The molecule has 1 aromatic rings. The molecular formula is C50H80N8O14. The van der Waals surface area contributed by atoms with Gasteiger partial charge in [-0.15, -0.1) is 0 Å². The van der Waals surface area contributed by atoms with Gasteiger partial charge in [0, 0.05) is 45.3 Å². The summed E-state index contributed by atoms with van der Waals surface area (Å²) in [5.74, 6) is -6.51. The number of hydrogen-bond acceptors (Lipinski definition) is 14.